The van der Waals surface area contributed by atoms with Crippen LogP contribution in [0.15, 0.2) is 18.3 Å². The first-order valence-corrected chi connectivity index (χ1v) is 5.64. The number of nitrogens with two attached hydrogens (primary N) is 1. The molecule has 0 fully saturated rings. The van der Waals surface area contributed by atoms with Gasteiger partial charge in [-0.25, -0.2) is 10.8 Å². The van der Waals surface area contributed by atoms with Crippen LogP contribution in [0.3, 0.4) is 0 Å². The lowest BCUT2D eigenvalue weighted by atomic mass is 10.2. The highest BCUT2D eigenvalue weighted by Gasteiger charge is 2.08. The topological polar surface area (TPSA) is 69.4 Å². The molecule has 0 bridgehead atoms. The number of aromatic nitrogens is 1. The number of rotatable bonds is 6. The summed E-state index contributed by atoms with van der Waals surface area (Å²) in [7, 11) is 0. The molecule has 0 aliphatic rings. The number of nitrogen functional groups attached to an aromatic ring is 1. The fraction of sp³-hybridized carbons (Fsp3) is 0.583. The Hall–Kier alpha value is -1.17. The lowest BCUT2D eigenvalue weighted by molar-refractivity contribution is -0.0377. The SMILES string of the molecule is CC(C)(C)OCCOCc1ccc(NN)nc1. The predicted molar refractivity (Wildman–Crippen MR) is 67.4 cm³/mol. The average molecular weight is 239 g/mol. The fourth-order valence-electron chi connectivity index (χ4n) is 1.19. The van der Waals surface area contributed by atoms with Crippen LogP contribution in [-0.2, 0) is 16.1 Å². The minimum atomic E-state index is -0.112. The van der Waals surface area contributed by atoms with Gasteiger partial charge in [0.25, 0.3) is 0 Å². The van der Waals surface area contributed by atoms with Crippen LogP contribution in [0.25, 0.3) is 0 Å². The maximum atomic E-state index is 5.54. The summed E-state index contributed by atoms with van der Waals surface area (Å²) in [4.78, 5) is 4.09. The fourth-order valence-corrected chi connectivity index (χ4v) is 1.19. The summed E-state index contributed by atoms with van der Waals surface area (Å²) in [5.74, 6) is 5.86. The first-order valence-electron chi connectivity index (χ1n) is 5.64. The van der Waals surface area contributed by atoms with E-state index in [1.165, 1.54) is 0 Å². The number of anilines is 1. The molecule has 5 heteroatoms. The van der Waals surface area contributed by atoms with E-state index >= 15 is 0 Å². The minimum Gasteiger partial charge on any atom is -0.374 e. The van der Waals surface area contributed by atoms with E-state index in [4.69, 9.17) is 15.3 Å². The Morgan fingerprint density at radius 2 is 2.06 bits per heavy atom. The lowest BCUT2D eigenvalue weighted by Crippen LogP contribution is -2.21. The van der Waals surface area contributed by atoms with Crippen LogP contribution < -0.4 is 11.3 Å². The van der Waals surface area contributed by atoms with Crippen molar-refractivity contribution in [2.75, 3.05) is 18.6 Å². The Labute approximate surface area is 102 Å². The van der Waals surface area contributed by atoms with Crippen molar-refractivity contribution in [1.29, 1.82) is 0 Å². The molecule has 0 aromatic carbocycles. The third-order valence-corrected chi connectivity index (χ3v) is 2.00. The van der Waals surface area contributed by atoms with Gasteiger partial charge in [-0.3, -0.25) is 0 Å². The second kappa shape index (κ2) is 6.54. The number of hydrogen-bond acceptors (Lipinski definition) is 5. The molecule has 1 heterocycles. The van der Waals surface area contributed by atoms with Crippen molar-refractivity contribution in [3.63, 3.8) is 0 Å². The molecular formula is C12H21N3O2. The molecule has 3 N–H and O–H groups in total. The van der Waals surface area contributed by atoms with Gasteiger partial charge >= 0.3 is 0 Å². The molecule has 5 nitrogen and oxygen atoms in total. The third-order valence-electron chi connectivity index (χ3n) is 2.00. The van der Waals surface area contributed by atoms with Crippen molar-refractivity contribution in [2.24, 2.45) is 5.84 Å². The van der Waals surface area contributed by atoms with Crippen LogP contribution in [0.4, 0.5) is 5.82 Å². The molecule has 0 aliphatic heterocycles. The molecule has 1 rings (SSSR count). The van der Waals surface area contributed by atoms with Crippen molar-refractivity contribution < 1.29 is 9.47 Å². The maximum absolute atomic E-state index is 5.54. The number of pyridine rings is 1. The summed E-state index contributed by atoms with van der Waals surface area (Å²) < 4.78 is 11.0. The van der Waals surface area contributed by atoms with Crippen LogP contribution in [0.5, 0.6) is 0 Å². The Morgan fingerprint density at radius 3 is 2.59 bits per heavy atom. The van der Waals surface area contributed by atoms with Gasteiger partial charge in [-0.1, -0.05) is 6.07 Å². The number of hydrazine groups is 1. The van der Waals surface area contributed by atoms with Crippen LogP contribution in [0.1, 0.15) is 26.3 Å². The number of nitrogens with one attached hydrogen (secondary N) is 1. The van der Waals surface area contributed by atoms with Crippen LogP contribution in [-0.4, -0.2) is 23.8 Å². The number of nitrogens with zero attached hydrogens (tertiary/aromatic N) is 1. The molecule has 0 unspecified atom stereocenters. The average Bonchev–Trinajstić information content (AvgIpc) is 2.28. The van der Waals surface area contributed by atoms with Crippen molar-refractivity contribution in [2.45, 2.75) is 33.0 Å². The largest absolute Gasteiger partial charge is 0.374 e. The molecule has 0 saturated heterocycles. The van der Waals surface area contributed by atoms with Gasteiger partial charge in [-0.2, -0.15) is 0 Å². The standard InChI is InChI=1S/C12H21N3O2/c1-12(2,3)17-7-6-16-9-10-4-5-11(15-13)14-8-10/h4-5,8H,6-7,9,13H2,1-3H3,(H,14,15). The first-order chi connectivity index (χ1) is 8.01. The smallest absolute Gasteiger partial charge is 0.139 e. The predicted octanol–water partition coefficient (Wildman–Crippen LogP) is 1.70. The van der Waals surface area contributed by atoms with Crippen LogP contribution in [0.2, 0.25) is 0 Å². The van der Waals surface area contributed by atoms with Gasteiger partial charge in [-0.15, -0.1) is 0 Å². The van der Waals surface area contributed by atoms with Crippen molar-refractivity contribution in [3.05, 3.63) is 23.9 Å². The summed E-state index contributed by atoms with van der Waals surface area (Å²) in [6.07, 6.45) is 1.74. The van der Waals surface area contributed by atoms with Gasteiger partial charge < -0.3 is 14.9 Å². The zero-order chi connectivity index (χ0) is 12.7. The maximum Gasteiger partial charge on any atom is 0.139 e. The molecule has 0 radical (unpaired) electrons. The summed E-state index contributed by atoms with van der Waals surface area (Å²) >= 11 is 0. The summed E-state index contributed by atoms with van der Waals surface area (Å²) in [6.45, 7) is 7.78. The Balaban J connectivity index is 2.18. The van der Waals surface area contributed by atoms with Crippen LogP contribution >= 0.6 is 0 Å². The van der Waals surface area contributed by atoms with E-state index in [9.17, 15) is 0 Å². The van der Waals surface area contributed by atoms with E-state index in [1.807, 2.05) is 32.9 Å². The van der Waals surface area contributed by atoms with E-state index in [1.54, 1.807) is 6.20 Å². The van der Waals surface area contributed by atoms with E-state index in [-0.39, 0.29) is 5.60 Å². The van der Waals surface area contributed by atoms with E-state index < -0.39 is 0 Å². The van der Waals surface area contributed by atoms with Crippen molar-refractivity contribution in [3.8, 4) is 0 Å². The molecule has 0 aliphatic carbocycles. The Morgan fingerprint density at radius 1 is 1.29 bits per heavy atom. The van der Waals surface area contributed by atoms with Crippen LogP contribution in [0, 0.1) is 0 Å². The van der Waals surface area contributed by atoms with Crippen molar-refractivity contribution >= 4 is 5.82 Å². The lowest BCUT2D eigenvalue weighted by Gasteiger charge is -2.19. The van der Waals surface area contributed by atoms with Gasteiger partial charge in [0.15, 0.2) is 0 Å². The Bertz CT molecular complexity index is 320. The molecule has 17 heavy (non-hydrogen) atoms. The summed E-state index contributed by atoms with van der Waals surface area (Å²) in [5.41, 5.74) is 3.38. The van der Waals surface area contributed by atoms with Gasteiger partial charge in [-0.05, 0) is 32.4 Å². The molecule has 96 valence electrons. The van der Waals surface area contributed by atoms with Gasteiger partial charge in [0.05, 0.1) is 25.4 Å². The minimum absolute atomic E-state index is 0.112. The molecule has 1 aromatic rings. The number of ether oxygens (including phenoxy) is 2. The molecule has 0 saturated carbocycles. The number of hydrogen-bond donors (Lipinski definition) is 2. The zero-order valence-electron chi connectivity index (χ0n) is 10.7. The van der Waals surface area contributed by atoms with Gasteiger partial charge in [0.2, 0.25) is 0 Å². The molecule has 0 amide bonds. The molecule has 1 aromatic heterocycles. The highest BCUT2D eigenvalue weighted by atomic mass is 16.5. The zero-order valence-corrected chi connectivity index (χ0v) is 10.7. The molecule has 0 spiro atoms. The van der Waals surface area contributed by atoms with Gasteiger partial charge in [0.1, 0.15) is 5.82 Å². The second-order valence-electron chi connectivity index (χ2n) is 4.71. The normalized spacial score (nSPS) is 11.5. The highest BCUT2D eigenvalue weighted by Crippen LogP contribution is 2.07. The van der Waals surface area contributed by atoms with E-state index in [0.717, 1.165) is 5.56 Å². The third kappa shape index (κ3) is 6.21. The molecular weight excluding hydrogens is 218 g/mol. The quantitative estimate of drug-likeness (QED) is 0.449. The Kier molecular flexibility index (Phi) is 5.34. The monoisotopic (exact) mass is 239 g/mol. The summed E-state index contributed by atoms with van der Waals surface area (Å²) in [5, 5.41) is 0. The summed E-state index contributed by atoms with van der Waals surface area (Å²) in [6, 6.07) is 3.73. The van der Waals surface area contributed by atoms with E-state index in [2.05, 4.69) is 10.4 Å². The van der Waals surface area contributed by atoms with E-state index in [0.29, 0.717) is 25.6 Å². The molecule has 0 atom stereocenters. The van der Waals surface area contributed by atoms with Crippen molar-refractivity contribution in [1.82, 2.24) is 4.98 Å². The first kappa shape index (κ1) is 13.9. The highest BCUT2D eigenvalue weighted by molar-refractivity contribution is 5.33. The van der Waals surface area contributed by atoms with Gasteiger partial charge in [0, 0.05) is 6.20 Å². The second-order valence-corrected chi connectivity index (χ2v) is 4.71.